The average molecular weight is 306 g/mol. The molecule has 2 heterocycles. The van der Waals surface area contributed by atoms with Crippen LogP contribution in [0.3, 0.4) is 0 Å². The van der Waals surface area contributed by atoms with Crippen molar-refractivity contribution in [1.82, 2.24) is 10.0 Å². The smallest absolute Gasteiger partial charge is 0.0398 e. The van der Waals surface area contributed by atoms with Crippen LogP contribution in [0.2, 0.25) is 0 Å². The van der Waals surface area contributed by atoms with E-state index in [4.69, 9.17) is 0 Å². The Balaban J connectivity index is 1.87. The second-order valence-corrected chi connectivity index (χ2v) is 6.49. The Kier molecular flexibility index (Phi) is 9.43. The number of hydrazine groups is 1. The quantitative estimate of drug-likeness (QED) is 0.741. The summed E-state index contributed by atoms with van der Waals surface area (Å²) in [7, 11) is 0. The van der Waals surface area contributed by atoms with Gasteiger partial charge in [-0.15, -0.1) is 0 Å². The Morgan fingerprint density at radius 3 is 1.45 bits per heavy atom. The van der Waals surface area contributed by atoms with Crippen LogP contribution in [-0.2, 0) is 0 Å². The van der Waals surface area contributed by atoms with Gasteiger partial charge in [0.2, 0.25) is 0 Å². The van der Waals surface area contributed by atoms with Crippen LogP contribution < -0.4 is 0 Å². The second-order valence-electron chi connectivity index (χ2n) is 6.49. The highest BCUT2D eigenvalue weighted by molar-refractivity contribution is 5.57. The maximum absolute atomic E-state index is 4.54. The third kappa shape index (κ3) is 7.50. The largest absolute Gasteiger partial charge is 0.297 e. The zero-order valence-electron chi connectivity index (χ0n) is 14.3. The van der Waals surface area contributed by atoms with Gasteiger partial charge in [-0.2, -0.15) is 0 Å². The highest BCUT2D eigenvalue weighted by Crippen LogP contribution is 2.11. The van der Waals surface area contributed by atoms with E-state index in [-0.39, 0.29) is 0 Å². The molecule has 4 nitrogen and oxygen atoms in total. The van der Waals surface area contributed by atoms with Crippen molar-refractivity contribution in [3.63, 3.8) is 0 Å². The zero-order valence-corrected chi connectivity index (χ0v) is 14.3. The third-order valence-corrected chi connectivity index (χ3v) is 4.56. The number of nitrogens with zero attached hydrogens (tertiary/aromatic N) is 4. The highest BCUT2D eigenvalue weighted by atomic mass is 15.6. The van der Waals surface area contributed by atoms with E-state index < -0.39 is 0 Å². The summed E-state index contributed by atoms with van der Waals surface area (Å²) in [4.78, 5) is 9.08. The van der Waals surface area contributed by atoms with Gasteiger partial charge in [-0.25, -0.2) is 10.0 Å². The van der Waals surface area contributed by atoms with Gasteiger partial charge >= 0.3 is 0 Å². The summed E-state index contributed by atoms with van der Waals surface area (Å²) in [5.74, 6) is 0. The SMILES string of the molecule is C1=NCCCN(N2CCCCCC=NCCC2)CCCCC1. The standard InChI is InChI=1S/C18H34N4/c1-3-7-15-21(17-9-13-19-11-5-1)22-16-8-4-2-6-12-20-14-10-18-22/h11-12H,1-10,13-18H2. The molecule has 0 N–H and O–H groups in total. The van der Waals surface area contributed by atoms with Gasteiger partial charge in [0.05, 0.1) is 0 Å². The van der Waals surface area contributed by atoms with E-state index in [0.717, 1.165) is 13.1 Å². The Labute approximate surface area is 136 Å². The third-order valence-electron chi connectivity index (χ3n) is 4.56. The van der Waals surface area contributed by atoms with E-state index in [2.05, 4.69) is 32.4 Å². The summed E-state index contributed by atoms with van der Waals surface area (Å²) >= 11 is 0. The molecule has 0 aliphatic carbocycles. The fourth-order valence-corrected chi connectivity index (χ4v) is 3.26. The van der Waals surface area contributed by atoms with Crippen LogP contribution in [-0.4, -0.2) is 61.7 Å². The molecular weight excluding hydrogens is 272 g/mol. The van der Waals surface area contributed by atoms with Gasteiger partial charge in [-0.1, -0.05) is 12.8 Å². The van der Waals surface area contributed by atoms with Gasteiger partial charge in [0, 0.05) is 39.3 Å². The van der Waals surface area contributed by atoms with Crippen molar-refractivity contribution in [2.45, 2.75) is 64.2 Å². The molecule has 22 heavy (non-hydrogen) atoms. The van der Waals surface area contributed by atoms with E-state index in [9.17, 15) is 0 Å². The van der Waals surface area contributed by atoms with Gasteiger partial charge < -0.3 is 0 Å². The summed E-state index contributed by atoms with van der Waals surface area (Å²) < 4.78 is 0. The fraction of sp³-hybridized carbons (Fsp3) is 0.889. The summed E-state index contributed by atoms with van der Waals surface area (Å²) in [5, 5.41) is 5.25. The van der Waals surface area contributed by atoms with Gasteiger partial charge in [-0.3, -0.25) is 9.98 Å². The maximum Gasteiger partial charge on any atom is 0.0398 e. The maximum atomic E-state index is 4.54. The van der Waals surface area contributed by atoms with E-state index in [0.29, 0.717) is 0 Å². The van der Waals surface area contributed by atoms with E-state index >= 15 is 0 Å². The molecule has 4 heteroatoms. The van der Waals surface area contributed by atoms with Crippen LogP contribution >= 0.6 is 0 Å². The molecule has 0 bridgehead atoms. The van der Waals surface area contributed by atoms with Crippen molar-refractivity contribution < 1.29 is 0 Å². The van der Waals surface area contributed by atoms with Gasteiger partial charge in [0.25, 0.3) is 0 Å². The van der Waals surface area contributed by atoms with Crippen molar-refractivity contribution in [2.24, 2.45) is 9.98 Å². The molecule has 0 atom stereocenters. The molecule has 0 spiro atoms. The van der Waals surface area contributed by atoms with Gasteiger partial charge in [0.15, 0.2) is 0 Å². The predicted octanol–water partition coefficient (Wildman–Crippen LogP) is 3.58. The minimum atomic E-state index is 0.995. The molecule has 0 saturated heterocycles. The Morgan fingerprint density at radius 2 is 0.955 bits per heavy atom. The lowest BCUT2D eigenvalue weighted by atomic mass is 10.2. The van der Waals surface area contributed by atoms with Crippen LogP contribution in [0.25, 0.3) is 0 Å². The Morgan fingerprint density at radius 1 is 0.500 bits per heavy atom. The Bertz CT molecular complexity index is 295. The zero-order chi connectivity index (χ0) is 15.3. The topological polar surface area (TPSA) is 31.2 Å². The molecule has 126 valence electrons. The van der Waals surface area contributed by atoms with E-state index in [1.807, 2.05) is 0 Å². The number of hydrogen-bond acceptors (Lipinski definition) is 4. The first kappa shape index (κ1) is 17.6. The van der Waals surface area contributed by atoms with Crippen LogP contribution in [0.4, 0.5) is 0 Å². The minimum absolute atomic E-state index is 0.995. The summed E-state index contributed by atoms with van der Waals surface area (Å²) in [6.45, 7) is 6.77. The molecule has 2 rings (SSSR count). The molecule has 0 saturated carbocycles. The normalized spacial score (nSPS) is 25.3. The lowest BCUT2D eigenvalue weighted by Crippen LogP contribution is -2.45. The first-order valence-corrected chi connectivity index (χ1v) is 9.43. The van der Waals surface area contributed by atoms with Gasteiger partial charge in [-0.05, 0) is 63.8 Å². The van der Waals surface area contributed by atoms with Crippen LogP contribution in [0.5, 0.6) is 0 Å². The van der Waals surface area contributed by atoms with E-state index in [1.165, 1.54) is 90.4 Å². The first-order chi connectivity index (χ1) is 11.0. The molecule has 0 aromatic heterocycles. The van der Waals surface area contributed by atoms with Crippen molar-refractivity contribution in [3.05, 3.63) is 0 Å². The van der Waals surface area contributed by atoms with Crippen molar-refractivity contribution in [3.8, 4) is 0 Å². The van der Waals surface area contributed by atoms with E-state index in [1.54, 1.807) is 0 Å². The van der Waals surface area contributed by atoms with Gasteiger partial charge in [0.1, 0.15) is 0 Å². The van der Waals surface area contributed by atoms with Crippen LogP contribution in [0, 0.1) is 0 Å². The lowest BCUT2D eigenvalue weighted by Gasteiger charge is -2.35. The van der Waals surface area contributed by atoms with Crippen molar-refractivity contribution in [2.75, 3.05) is 39.3 Å². The number of hydrogen-bond donors (Lipinski definition) is 0. The number of rotatable bonds is 1. The summed E-state index contributed by atoms with van der Waals surface area (Å²) in [6.07, 6.45) is 16.9. The molecule has 2 aliphatic heterocycles. The van der Waals surface area contributed by atoms with Crippen LogP contribution in [0.1, 0.15) is 64.2 Å². The highest BCUT2D eigenvalue weighted by Gasteiger charge is 2.15. The molecule has 0 aromatic rings. The minimum Gasteiger partial charge on any atom is -0.297 e. The molecule has 0 amide bonds. The summed E-state index contributed by atoms with van der Waals surface area (Å²) in [6, 6.07) is 0. The molecular formula is C18H34N4. The predicted molar refractivity (Wildman–Crippen MR) is 96.0 cm³/mol. The van der Waals surface area contributed by atoms with Crippen LogP contribution in [0.15, 0.2) is 9.98 Å². The number of aliphatic imine (C=N–C) groups is 2. The fourth-order valence-electron chi connectivity index (χ4n) is 3.26. The molecule has 2 aliphatic rings. The molecule has 0 fully saturated rings. The molecule has 0 aromatic carbocycles. The summed E-state index contributed by atoms with van der Waals surface area (Å²) in [5.41, 5.74) is 0. The van der Waals surface area contributed by atoms with Crippen molar-refractivity contribution >= 4 is 12.4 Å². The lowest BCUT2D eigenvalue weighted by molar-refractivity contribution is -0.0287. The molecule has 0 unspecified atom stereocenters. The average Bonchev–Trinajstić information content (AvgIpc) is 2.64. The first-order valence-electron chi connectivity index (χ1n) is 9.43. The van der Waals surface area contributed by atoms with Crippen molar-refractivity contribution in [1.29, 1.82) is 0 Å². The Hall–Kier alpha value is -0.740. The second kappa shape index (κ2) is 11.8. The molecule has 0 radical (unpaired) electrons. The monoisotopic (exact) mass is 306 g/mol.